The van der Waals surface area contributed by atoms with Gasteiger partial charge in [-0.05, 0) is 12.1 Å². The maximum Gasteiger partial charge on any atom is 0.267 e. The van der Waals surface area contributed by atoms with Gasteiger partial charge in [0.1, 0.15) is 30.0 Å². The number of benzene rings is 1. The zero-order valence-electron chi connectivity index (χ0n) is 9.24. The Kier molecular flexibility index (Phi) is 4.73. The standard InChI is InChI=1S/C10H14O6S/c1-15-9-3-2-4-10(5-9)16-6-8(11)7-17(12,13)14/h2-5,8,11H,6-7H2,1H3,(H,12,13,14)/t8-/m1/s1. The van der Waals surface area contributed by atoms with E-state index in [1.807, 2.05) is 0 Å². The average Bonchev–Trinajstić information content (AvgIpc) is 2.24. The van der Waals surface area contributed by atoms with E-state index in [1.54, 1.807) is 24.3 Å². The number of rotatable bonds is 6. The van der Waals surface area contributed by atoms with Crippen molar-refractivity contribution in [2.24, 2.45) is 0 Å². The van der Waals surface area contributed by atoms with Crippen molar-refractivity contribution in [3.8, 4) is 11.5 Å². The molecular formula is C10H14O6S. The van der Waals surface area contributed by atoms with Gasteiger partial charge in [-0.3, -0.25) is 4.55 Å². The Labute approximate surface area is 99.5 Å². The monoisotopic (exact) mass is 262 g/mol. The van der Waals surface area contributed by atoms with Crippen LogP contribution in [0.1, 0.15) is 0 Å². The molecule has 0 radical (unpaired) electrons. The third-order valence-corrected chi connectivity index (χ3v) is 2.69. The van der Waals surface area contributed by atoms with Crippen LogP contribution in [0.25, 0.3) is 0 Å². The third-order valence-electron chi connectivity index (χ3n) is 1.89. The molecule has 7 heteroatoms. The van der Waals surface area contributed by atoms with Gasteiger partial charge in [-0.25, -0.2) is 0 Å². The second-order valence-corrected chi connectivity index (χ2v) is 4.89. The molecule has 0 unspecified atom stereocenters. The topological polar surface area (TPSA) is 93.1 Å². The minimum atomic E-state index is -4.20. The minimum absolute atomic E-state index is 0.229. The van der Waals surface area contributed by atoms with Gasteiger partial charge < -0.3 is 14.6 Å². The second kappa shape index (κ2) is 5.85. The summed E-state index contributed by atoms with van der Waals surface area (Å²) < 4.78 is 39.6. The lowest BCUT2D eigenvalue weighted by atomic mass is 10.3. The molecule has 0 aliphatic heterocycles. The molecule has 1 rings (SSSR count). The fourth-order valence-corrected chi connectivity index (χ4v) is 1.76. The molecule has 6 nitrogen and oxygen atoms in total. The summed E-state index contributed by atoms with van der Waals surface area (Å²) in [5, 5.41) is 9.28. The average molecular weight is 262 g/mol. The second-order valence-electron chi connectivity index (χ2n) is 3.39. The van der Waals surface area contributed by atoms with Gasteiger partial charge in [-0.15, -0.1) is 0 Å². The Bertz CT molecular complexity index is 456. The van der Waals surface area contributed by atoms with Crippen LogP contribution in [0.2, 0.25) is 0 Å². The summed E-state index contributed by atoms with van der Waals surface area (Å²) in [4.78, 5) is 0. The van der Waals surface area contributed by atoms with E-state index in [0.29, 0.717) is 11.5 Å². The molecule has 0 aromatic heterocycles. The maximum absolute atomic E-state index is 10.5. The molecule has 2 N–H and O–H groups in total. The first-order valence-electron chi connectivity index (χ1n) is 4.81. The summed E-state index contributed by atoms with van der Waals surface area (Å²) in [5.74, 6) is 0.280. The largest absolute Gasteiger partial charge is 0.497 e. The molecule has 0 aliphatic carbocycles. The number of ether oxygens (including phenoxy) is 2. The SMILES string of the molecule is COc1cccc(OC[C@@H](O)CS(=O)(=O)O)c1. The molecule has 0 saturated heterocycles. The van der Waals surface area contributed by atoms with Crippen LogP contribution < -0.4 is 9.47 Å². The first-order chi connectivity index (χ1) is 7.90. The molecule has 1 atom stereocenters. The highest BCUT2D eigenvalue weighted by Gasteiger charge is 2.14. The maximum atomic E-state index is 10.5. The van der Waals surface area contributed by atoms with Crippen LogP contribution in [0.3, 0.4) is 0 Å². The van der Waals surface area contributed by atoms with Crippen LogP contribution >= 0.6 is 0 Å². The van der Waals surface area contributed by atoms with E-state index in [1.165, 1.54) is 7.11 Å². The highest BCUT2D eigenvalue weighted by atomic mass is 32.2. The van der Waals surface area contributed by atoms with Crippen molar-refractivity contribution < 1.29 is 27.6 Å². The summed E-state index contributed by atoms with van der Waals surface area (Å²) in [6.07, 6.45) is -1.28. The number of hydrogen-bond donors (Lipinski definition) is 2. The Morgan fingerprint density at radius 3 is 2.59 bits per heavy atom. The highest BCUT2D eigenvalue weighted by molar-refractivity contribution is 7.85. The van der Waals surface area contributed by atoms with Crippen LogP contribution in [0, 0.1) is 0 Å². The lowest BCUT2D eigenvalue weighted by Crippen LogP contribution is -2.26. The van der Waals surface area contributed by atoms with Crippen molar-refractivity contribution in [2.75, 3.05) is 19.5 Å². The van der Waals surface area contributed by atoms with Crippen molar-refractivity contribution in [2.45, 2.75) is 6.10 Å². The quantitative estimate of drug-likeness (QED) is 0.717. The van der Waals surface area contributed by atoms with Crippen LogP contribution in [-0.2, 0) is 10.1 Å². The van der Waals surface area contributed by atoms with Gasteiger partial charge >= 0.3 is 0 Å². The van der Waals surface area contributed by atoms with Crippen molar-refractivity contribution >= 4 is 10.1 Å². The number of methoxy groups -OCH3 is 1. The van der Waals surface area contributed by atoms with E-state index in [-0.39, 0.29) is 6.61 Å². The van der Waals surface area contributed by atoms with Gasteiger partial charge in [-0.1, -0.05) is 6.07 Å². The Hall–Kier alpha value is -1.31. The predicted molar refractivity (Wildman–Crippen MR) is 60.9 cm³/mol. The third kappa shape index (κ3) is 5.53. The summed E-state index contributed by atoms with van der Waals surface area (Å²) in [6, 6.07) is 6.66. The van der Waals surface area contributed by atoms with E-state index in [9.17, 15) is 13.5 Å². The molecule has 0 saturated carbocycles. The number of aliphatic hydroxyl groups is 1. The van der Waals surface area contributed by atoms with Gasteiger partial charge in [-0.2, -0.15) is 8.42 Å². The predicted octanol–water partition coefficient (Wildman–Crippen LogP) is 0.323. The molecule has 0 spiro atoms. The van der Waals surface area contributed by atoms with Crippen molar-refractivity contribution in [3.63, 3.8) is 0 Å². The smallest absolute Gasteiger partial charge is 0.267 e. The van der Waals surface area contributed by atoms with E-state index in [0.717, 1.165) is 0 Å². The van der Waals surface area contributed by atoms with Gasteiger partial charge in [0.2, 0.25) is 0 Å². The van der Waals surface area contributed by atoms with Crippen LogP contribution in [0.4, 0.5) is 0 Å². The number of aliphatic hydroxyl groups excluding tert-OH is 1. The molecule has 1 aromatic rings. The fourth-order valence-electron chi connectivity index (χ4n) is 1.17. The molecule has 17 heavy (non-hydrogen) atoms. The molecule has 96 valence electrons. The Balaban J connectivity index is 2.49. The fraction of sp³-hybridized carbons (Fsp3) is 0.400. The molecular weight excluding hydrogens is 248 g/mol. The van der Waals surface area contributed by atoms with Crippen molar-refractivity contribution in [1.29, 1.82) is 0 Å². The van der Waals surface area contributed by atoms with Gasteiger partial charge in [0, 0.05) is 6.07 Å². The molecule has 1 aromatic carbocycles. The highest BCUT2D eigenvalue weighted by Crippen LogP contribution is 2.18. The van der Waals surface area contributed by atoms with Gasteiger partial charge in [0.25, 0.3) is 10.1 Å². The minimum Gasteiger partial charge on any atom is -0.497 e. The lowest BCUT2D eigenvalue weighted by molar-refractivity contribution is 0.123. The van der Waals surface area contributed by atoms with E-state index >= 15 is 0 Å². The summed E-state index contributed by atoms with van der Waals surface area (Å²) in [6.45, 7) is -0.229. The van der Waals surface area contributed by atoms with Crippen LogP contribution in [0.15, 0.2) is 24.3 Å². The van der Waals surface area contributed by atoms with Gasteiger partial charge in [0.05, 0.1) is 7.11 Å². The molecule has 0 bridgehead atoms. The molecule has 0 fully saturated rings. The van der Waals surface area contributed by atoms with Crippen molar-refractivity contribution in [1.82, 2.24) is 0 Å². The lowest BCUT2D eigenvalue weighted by Gasteiger charge is -2.11. The summed E-state index contributed by atoms with van der Waals surface area (Å²) >= 11 is 0. The Morgan fingerprint density at radius 2 is 2.00 bits per heavy atom. The Morgan fingerprint density at radius 1 is 1.35 bits per heavy atom. The summed E-state index contributed by atoms with van der Waals surface area (Å²) in [7, 11) is -2.69. The van der Waals surface area contributed by atoms with Crippen molar-refractivity contribution in [3.05, 3.63) is 24.3 Å². The molecule has 0 aliphatic rings. The first kappa shape index (κ1) is 13.8. The zero-order valence-corrected chi connectivity index (χ0v) is 10.1. The first-order valence-corrected chi connectivity index (χ1v) is 6.41. The van der Waals surface area contributed by atoms with E-state index < -0.39 is 22.0 Å². The summed E-state index contributed by atoms with van der Waals surface area (Å²) in [5.41, 5.74) is 0. The van der Waals surface area contributed by atoms with E-state index in [4.69, 9.17) is 14.0 Å². The number of hydrogen-bond acceptors (Lipinski definition) is 5. The normalized spacial score (nSPS) is 13.1. The zero-order chi connectivity index (χ0) is 12.9. The van der Waals surface area contributed by atoms with Gasteiger partial charge in [0.15, 0.2) is 0 Å². The molecule has 0 amide bonds. The molecule has 0 heterocycles. The van der Waals surface area contributed by atoms with Crippen LogP contribution in [0.5, 0.6) is 11.5 Å². The van der Waals surface area contributed by atoms with E-state index in [2.05, 4.69) is 0 Å². The van der Waals surface area contributed by atoms with Crippen LogP contribution in [-0.4, -0.2) is 43.7 Å².